The van der Waals surface area contributed by atoms with Crippen LogP contribution >= 0.6 is 27.3 Å². The summed E-state index contributed by atoms with van der Waals surface area (Å²) in [6.07, 6.45) is 3.60. The van der Waals surface area contributed by atoms with E-state index in [2.05, 4.69) is 46.1 Å². The van der Waals surface area contributed by atoms with Gasteiger partial charge < -0.3 is 5.73 Å². The van der Waals surface area contributed by atoms with Crippen molar-refractivity contribution in [1.29, 1.82) is 0 Å². The summed E-state index contributed by atoms with van der Waals surface area (Å²) in [6.45, 7) is 6.97. The molecule has 1 atom stereocenters. The Morgan fingerprint density at radius 1 is 1.47 bits per heavy atom. The van der Waals surface area contributed by atoms with Gasteiger partial charge in [-0.05, 0) is 73.6 Å². The van der Waals surface area contributed by atoms with Crippen molar-refractivity contribution < 1.29 is 0 Å². The van der Waals surface area contributed by atoms with E-state index in [1.807, 2.05) is 0 Å². The third-order valence-electron chi connectivity index (χ3n) is 3.92. The molecule has 1 aromatic rings. The predicted octanol–water partition coefficient (Wildman–Crippen LogP) is 3.25. The Balaban J connectivity index is 2.03. The maximum Gasteiger partial charge on any atom is 0.0314 e. The fraction of sp³-hybridized carbons (Fsp3) is 0.692. The van der Waals surface area contributed by atoms with Crippen LogP contribution in [-0.2, 0) is 6.42 Å². The molecule has 1 saturated heterocycles. The summed E-state index contributed by atoms with van der Waals surface area (Å²) in [5, 5.41) is 2.12. The molecule has 2 N–H and O–H groups in total. The van der Waals surface area contributed by atoms with Crippen LogP contribution in [0.5, 0.6) is 0 Å². The highest BCUT2D eigenvalue weighted by atomic mass is 79.9. The van der Waals surface area contributed by atoms with E-state index in [1.54, 1.807) is 11.3 Å². The van der Waals surface area contributed by atoms with Crippen LogP contribution in [0.15, 0.2) is 15.9 Å². The summed E-state index contributed by atoms with van der Waals surface area (Å²) >= 11 is 5.38. The summed E-state index contributed by atoms with van der Waals surface area (Å²) < 4.78 is 1.20. The first-order valence-corrected chi connectivity index (χ1v) is 7.91. The number of rotatable bonds is 4. The van der Waals surface area contributed by atoms with Gasteiger partial charge in [0.2, 0.25) is 0 Å². The van der Waals surface area contributed by atoms with Crippen molar-refractivity contribution in [1.82, 2.24) is 4.90 Å². The topological polar surface area (TPSA) is 29.3 Å². The smallest absolute Gasteiger partial charge is 0.0314 e. The van der Waals surface area contributed by atoms with Crippen molar-refractivity contribution in [2.24, 2.45) is 5.73 Å². The van der Waals surface area contributed by atoms with Gasteiger partial charge in [-0.3, -0.25) is 4.90 Å². The maximum atomic E-state index is 6.44. The Bertz CT molecular complexity index is 369. The van der Waals surface area contributed by atoms with Crippen LogP contribution in [0.1, 0.15) is 31.6 Å². The molecule has 0 amide bonds. The van der Waals surface area contributed by atoms with E-state index in [9.17, 15) is 0 Å². The Labute approximate surface area is 116 Å². The Hall–Kier alpha value is 0.1000. The van der Waals surface area contributed by atoms with E-state index in [0.717, 1.165) is 6.42 Å². The fourth-order valence-electron chi connectivity index (χ4n) is 2.45. The van der Waals surface area contributed by atoms with Gasteiger partial charge >= 0.3 is 0 Å². The van der Waals surface area contributed by atoms with E-state index in [4.69, 9.17) is 5.73 Å². The second kappa shape index (κ2) is 5.39. The SMILES string of the molecule is CC(C)(C(N)Cc1sccc1Br)N1CCCC1. The van der Waals surface area contributed by atoms with Crippen LogP contribution in [0.2, 0.25) is 0 Å². The van der Waals surface area contributed by atoms with E-state index in [1.165, 1.54) is 35.3 Å². The first kappa shape index (κ1) is 13.5. The zero-order chi connectivity index (χ0) is 12.5. The molecule has 0 spiro atoms. The highest BCUT2D eigenvalue weighted by Gasteiger charge is 2.34. The molecule has 1 aliphatic rings. The molecule has 1 aliphatic heterocycles. The van der Waals surface area contributed by atoms with Crippen LogP contribution in [0, 0.1) is 0 Å². The first-order valence-electron chi connectivity index (χ1n) is 6.24. The number of thiophene rings is 1. The van der Waals surface area contributed by atoms with Crippen molar-refractivity contribution >= 4 is 27.3 Å². The molecule has 1 aromatic heterocycles. The zero-order valence-corrected chi connectivity index (χ0v) is 13.0. The van der Waals surface area contributed by atoms with Crippen molar-refractivity contribution in [3.63, 3.8) is 0 Å². The van der Waals surface area contributed by atoms with Gasteiger partial charge in [0.15, 0.2) is 0 Å². The zero-order valence-electron chi connectivity index (χ0n) is 10.6. The van der Waals surface area contributed by atoms with Crippen molar-refractivity contribution in [2.45, 2.75) is 44.7 Å². The normalized spacial score (nSPS) is 19.8. The molecule has 96 valence electrons. The average Bonchev–Trinajstić information content (AvgIpc) is 2.90. The lowest BCUT2D eigenvalue weighted by Gasteiger charge is -2.40. The third-order valence-corrected chi connectivity index (χ3v) is 5.87. The van der Waals surface area contributed by atoms with Crippen molar-refractivity contribution in [3.8, 4) is 0 Å². The second-order valence-corrected chi connectivity index (χ2v) is 7.21. The molecule has 4 heteroatoms. The number of hydrogen-bond donors (Lipinski definition) is 1. The van der Waals surface area contributed by atoms with E-state index >= 15 is 0 Å². The van der Waals surface area contributed by atoms with Crippen molar-refractivity contribution in [2.75, 3.05) is 13.1 Å². The quantitative estimate of drug-likeness (QED) is 0.923. The number of halogens is 1. The Morgan fingerprint density at radius 2 is 2.12 bits per heavy atom. The van der Waals surface area contributed by atoms with Crippen molar-refractivity contribution in [3.05, 3.63) is 20.8 Å². The van der Waals surface area contributed by atoms with E-state index in [-0.39, 0.29) is 11.6 Å². The molecule has 0 radical (unpaired) electrons. The highest BCUT2D eigenvalue weighted by molar-refractivity contribution is 9.10. The molecule has 1 unspecified atom stereocenters. The van der Waals surface area contributed by atoms with Crippen LogP contribution in [-0.4, -0.2) is 29.6 Å². The molecule has 2 heterocycles. The lowest BCUT2D eigenvalue weighted by atomic mass is 9.90. The Morgan fingerprint density at radius 3 is 2.65 bits per heavy atom. The van der Waals surface area contributed by atoms with Gasteiger partial charge in [0, 0.05) is 20.9 Å². The largest absolute Gasteiger partial charge is 0.326 e. The van der Waals surface area contributed by atoms with Gasteiger partial charge in [0.1, 0.15) is 0 Å². The lowest BCUT2D eigenvalue weighted by Crippen LogP contribution is -2.55. The minimum absolute atomic E-state index is 0.0972. The summed E-state index contributed by atoms with van der Waals surface area (Å²) in [6, 6.07) is 2.30. The number of hydrogen-bond acceptors (Lipinski definition) is 3. The molecule has 0 aliphatic carbocycles. The van der Waals surface area contributed by atoms with Gasteiger partial charge in [-0.25, -0.2) is 0 Å². The average molecular weight is 317 g/mol. The van der Waals surface area contributed by atoms with Gasteiger partial charge in [0.05, 0.1) is 0 Å². The molecule has 0 bridgehead atoms. The fourth-order valence-corrected chi connectivity index (χ4v) is 4.02. The predicted molar refractivity (Wildman–Crippen MR) is 78.6 cm³/mol. The van der Waals surface area contributed by atoms with Crippen LogP contribution in [0.3, 0.4) is 0 Å². The summed E-state index contributed by atoms with van der Waals surface area (Å²) in [4.78, 5) is 3.91. The molecule has 2 rings (SSSR count). The number of nitrogens with two attached hydrogens (primary N) is 1. The minimum Gasteiger partial charge on any atom is -0.326 e. The summed E-state index contributed by atoms with van der Waals surface area (Å²) in [5.41, 5.74) is 6.53. The lowest BCUT2D eigenvalue weighted by molar-refractivity contribution is 0.124. The van der Waals surface area contributed by atoms with Crippen LogP contribution in [0.4, 0.5) is 0 Å². The van der Waals surface area contributed by atoms with Gasteiger partial charge in [0.25, 0.3) is 0 Å². The molecule has 0 aromatic carbocycles. The maximum absolute atomic E-state index is 6.44. The van der Waals surface area contributed by atoms with Gasteiger partial charge in [-0.1, -0.05) is 0 Å². The molecular formula is C13H21BrN2S. The number of likely N-dealkylation sites (tertiary alicyclic amines) is 1. The second-order valence-electron chi connectivity index (χ2n) is 5.35. The summed E-state index contributed by atoms with van der Waals surface area (Å²) in [7, 11) is 0. The molecular weight excluding hydrogens is 296 g/mol. The first-order chi connectivity index (χ1) is 8.01. The van der Waals surface area contributed by atoms with Crippen LogP contribution in [0.25, 0.3) is 0 Å². The third kappa shape index (κ3) is 2.92. The number of nitrogens with zero attached hydrogens (tertiary/aromatic N) is 1. The molecule has 2 nitrogen and oxygen atoms in total. The van der Waals surface area contributed by atoms with E-state index in [0.29, 0.717) is 0 Å². The summed E-state index contributed by atoms with van der Waals surface area (Å²) in [5.74, 6) is 0. The van der Waals surface area contributed by atoms with Gasteiger partial charge in [-0.2, -0.15) is 0 Å². The van der Waals surface area contributed by atoms with E-state index < -0.39 is 0 Å². The molecule has 0 saturated carbocycles. The molecule has 1 fully saturated rings. The molecule has 17 heavy (non-hydrogen) atoms. The minimum atomic E-state index is 0.0972. The highest BCUT2D eigenvalue weighted by Crippen LogP contribution is 2.29. The van der Waals surface area contributed by atoms with Gasteiger partial charge in [-0.15, -0.1) is 11.3 Å². The van der Waals surface area contributed by atoms with Crippen LogP contribution < -0.4 is 5.73 Å². The monoisotopic (exact) mass is 316 g/mol. The standard InChI is InChI=1S/C13H21BrN2S/c1-13(2,16-6-3-4-7-16)12(15)9-11-10(14)5-8-17-11/h5,8,12H,3-4,6-7,9,15H2,1-2H3. The Kier molecular flexibility index (Phi) is 4.29.